The number of thiazole rings is 1. The maximum Gasteiger partial charge on any atom is 0.412 e. The van der Waals surface area contributed by atoms with E-state index in [-0.39, 0.29) is 11.3 Å². The second-order valence-corrected chi connectivity index (χ2v) is 17.2. The number of unbranched alkanes of at least 4 members (excludes halogenated alkanes) is 1. The highest BCUT2D eigenvalue weighted by Crippen LogP contribution is 2.61. The molecule has 0 bridgehead atoms. The minimum Gasteiger partial charge on any atom is -0.445 e. The number of allylic oxidation sites excluding steroid dienone is 3. The van der Waals surface area contributed by atoms with E-state index in [2.05, 4.69) is 33.4 Å². The van der Waals surface area contributed by atoms with E-state index in [1.807, 2.05) is 17.6 Å². The van der Waals surface area contributed by atoms with Crippen molar-refractivity contribution in [3.8, 4) is 0 Å². The Labute approximate surface area is 312 Å². The minimum absolute atomic E-state index is 0.0465. The molecule has 1 amide bonds. The van der Waals surface area contributed by atoms with Gasteiger partial charge in [-0.1, -0.05) is 51.5 Å². The van der Waals surface area contributed by atoms with E-state index in [0.29, 0.717) is 55.9 Å². The smallest absolute Gasteiger partial charge is 0.412 e. The molecule has 1 aromatic heterocycles. The van der Waals surface area contributed by atoms with Crippen LogP contribution in [0.3, 0.4) is 0 Å². The third kappa shape index (κ3) is 7.87. The molecule has 3 N–H and O–H groups in total. The largest absolute Gasteiger partial charge is 0.445 e. The summed E-state index contributed by atoms with van der Waals surface area (Å²) in [5, 5.41) is 23.2. The molecular weight excluding hydrogens is 712 g/mol. The van der Waals surface area contributed by atoms with Gasteiger partial charge in [-0.2, -0.15) is 0 Å². The molecule has 0 unspecified atom stereocenters. The quantitative estimate of drug-likeness (QED) is 0.114. The molecule has 1 heterocycles. The van der Waals surface area contributed by atoms with Crippen molar-refractivity contribution in [3.63, 3.8) is 0 Å². The molecule has 2 aromatic rings. The molecule has 0 saturated heterocycles. The summed E-state index contributed by atoms with van der Waals surface area (Å²) >= 11 is 1.57. The van der Waals surface area contributed by atoms with Crippen molar-refractivity contribution >= 4 is 23.1 Å². The van der Waals surface area contributed by atoms with Crippen molar-refractivity contribution in [3.05, 3.63) is 80.6 Å². The van der Waals surface area contributed by atoms with Crippen LogP contribution in [-0.2, 0) is 16.6 Å². The summed E-state index contributed by atoms with van der Waals surface area (Å²) in [5.41, 5.74) is 0.953. The van der Waals surface area contributed by atoms with E-state index in [4.69, 9.17) is 9.72 Å². The van der Waals surface area contributed by atoms with E-state index < -0.39 is 64.6 Å². The van der Waals surface area contributed by atoms with Crippen molar-refractivity contribution in [1.82, 2.24) is 4.98 Å². The van der Waals surface area contributed by atoms with Gasteiger partial charge in [0.25, 0.3) is 0 Å². The van der Waals surface area contributed by atoms with Crippen molar-refractivity contribution in [1.29, 1.82) is 0 Å². The Morgan fingerprint density at radius 3 is 2.45 bits per heavy atom. The van der Waals surface area contributed by atoms with Crippen LogP contribution >= 0.6 is 11.3 Å². The Hall–Kier alpha value is -3.09. The van der Waals surface area contributed by atoms with Gasteiger partial charge in [-0.3, -0.25) is 5.32 Å². The zero-order valence-electron chi connectivity index (χ0n) is 30.8. The van der Waals surface area contributed by atoms with Gasteiger partial charge in [0.15, 0.2) is 23.3 Å². The van der Waals surface area contributed by atoms with Crippen LogP contribution in [0.1, 0.15) is 114 Å². The van der Waals surface area contributed by atoms with E-state index in [1.54, 1.807) is 11.3 Å². The van der Waals surface area contributed by atoms with E-state index in [9.17, 15) is 37.0 Å². The Morgan fingerprint density at radius 1 is 1.08 bits per heavy atom. The Kier molecular flexibility index (Phi) is 11.9. The molecule has 0 aliphatic heterocycles. The number of aliphatic hydroxyl groups is 2. The number of ether oxygens (including phenoxy) is 1. The van der Waals surface area contributed by atoms with Gasteiger partial charge in [0, 0.05) is 17.5 Å². The van der Waals surface area contributed by atoms with Gasteiger partial charge in [0.2, 0.25) is 5.82 Å². The summed E-state index contributed by atoms with van der Waals surface area (Å²) in [6.45, 7) is 10.8. The molecule has 6 nitrogen and oxygen atoms in total. The zero-order valence-corrected chi connectivity index (χ0v) is 31.6. The number of halogens is 5. The zero-order chi connectivity index (χ0) is 38.2. The summed E-state index contributed by atoms with van der Waals surface area (Å²) in [6.07, 6.45) is 14.1. The standard InChI is InChI=1S/C41H51F5N2O4S/c1-5-6-9-27-21-47-38(53-27)41(17-18-41)31(52-39(51)48-37-35(45)33(43)32(42)34(44)36(37)46)15-10-22(2)28-13-14-29-24(8-7-16-40(28,29)4)11-12-25-19-26(49)20-30(50)23(25)3/h11-12,21-22,26,28-31,49-50H,3,5-10,13-20H2,1-2,4H3,(H,48,51)/b24-11+,25-12-/t22-,26-,28-,29+,30+,31-,40-/m1/s1. The van der Waals surface area contributed by atoms with Gasteiger partial charge in [-0.25, -0.2) is 31.7 Å². The number of carbonyl (C=O) groups excluding carboxylic acids is 1. The summed E-state index contributed by atoms with van der Waals surface area (Å²) in [6, 6.07) is 0. The maximum absolute atomic E-state index is 14.5. The molecule has 7 atom stereocenters. The van der Waals surface area contributed by atoms with E-state index >= 15 is 0 Å². The number of hydrogen-bond acceptors (Lipinski definition) is 6. The van der Waals surface area contributed by atoms with Crippen LogP contribution in [0.2, 0.25) is 0 Å². The fourth-order valence-corrected chi connectivity index (χ4v) is 10.8. The molecule has 290 valence electrons. The molecule has 4 saturated carbocycles. The third-order valence-corrected chi connectivity index (χ3v) is 14.0. The number of hydrogen-bond donors (Lipinski definition) is 3. The Balaban J connectivity index is 1.20. The summed E-state index contributed by atoms with van der Waals surface area (Å²) in [5.74, 6) is -9.86. The maximum atomic E-state index is 14.5. The number of nitrogens with zero attached hydrogens (tertiary/aromatic N) is 1. The molecule has 1 aromatic carbocycles. The number of aryl methyl sites for hydroxylation is 1. The Bertz CT molecular complexity index is 1740. The molecule has 53 heavy (non-hydrogen) atoms. The molecule has 4 aliphatic carbocycles. The minimum atomic E-state index is -2.30. The number of rotatable bonds is 12. The fourth-order valence-electron chi connectivity index (χ4n) is 9.53. The molecule has 0 spiro atoms. The predicted molar refractivity (Wildman–Crippen MR) is 195 cm³/mol. The average molecular weight is 763 g/mol. The predicted octanol–water partition coefficient (Wildman–Crippen LogP) is 10.4. The lowest BCUT2D eigenvalue weighted by molar-refractivity contribution is 0.0590. The molecule has 4 fully saturated rings. The van der Waals surface area contributed by atoms with Gasteiger partial charge >= 0.3 is 6.09 Å². The topological polar surface area (TPSA) is 91.7 Å². The van der Waals surface area contributed by atoms with Crippen LogP contribution in [0.15, 0.2) is 41.6 Å². The second-order valence-electron chi connectivity index (χ2n) is 16.1. The van der Waals surface area contributed by atoms with Crippen LogP contribution in [0, 0.1) is 52.3 Å². The van der Waals surface area contributed by atoms with Crippen molar-refractivity contribution in [2.24, 2.45) is 23.2 Å². The number of anilines is 1. The lowest BCUT2D eigenvalue weighted by Crippen LogP contribution is -2.37. The van der Waals surface area contributed by atoms with E-state index in [0.717, 1.165) is 66.8 Å². The lowest BCUT2D eigenvalue weighted by atomic mass is 9.60. The summed E-state index contributed by atoms with van der Waals surface area (Å²) in [4.78, 5) is 19.1. The van der Waals surface area contributed by atoms with Gasteiger partial charge < -0.3 is 14.9 Å². The number of nitrogens with one attached hydrogen (secondary N) is 1. The highest BCUT2D eigenvalue weighted by atomic mass is 32.1. The van der Waals surface area contributed by atoms with Gasteiger partial charge in [0.05, 0.1) is 17.6 Å². The SMILES string of the molecule is C=C1/C(=C\C=C2/CCC[C@]3(C)[C@@H]([C@H](C)CC[C@@H](OC(=O)Nc4c(F)c(F)c(F)c(F)c4F)C4(c5ncc(CCCC)s5)CC4)CC[C@@H]23)C[C@@H](O)C[C@@H]1O. The van der Waals surface area contributed by atoms with Crippen molar-refractivity contribution in [2.75, 3.05) is 5.32 Å². The number of aromatic nitrogens is 1. The van der Waals surface area contributed by atoms with Gasteiger partial charge in [0.1, 0.15) is 16.8 Å². The first-order valence-electron chi connectivity index (χ1n) is 19.1. The van der Waals surface area contributed by atoms with Gasteiger partial charge in [-0.15, -0.1) is 11.3 Å². The monoisotopic (exact) mass is 762 g/mol. The lowest BCUT2D eigenvalue weighted by Gasteiger charge is -2.44. The molecule has 0 radical (unpaired) electrons. The van der Waals surface area contributed by atoms with E-state index in [1.165, 1.54) is 5.57 Å². The van der Waals surface area contributed by atoms with Crippen LogP contribution in [0.25, 0.3) is 0 Å². The van der Waals surface area contributed by atoms with Crippen LogP contribution in [0.4, 0.5) is 32.4 Å². The average Bonchev–Trinajstić information content (AvgIpc) is 3.65. The highest BCUT2D eigenvalue weighted by Gasteiger charge is 2.56. The first kappa shape index (κ1) is 39.6. The third-order valence-electron chi connectivity index (χ3n) is 12.7. The molecule has 6 rings (SSSR count). The van der Waals surface area contributed by atoms with Crippen LogP contribution < -0.4 is 5.32 Å². The summed E-state index contributed by atoms with van der Waals surface area (Å²) in [7, 11) is 0. The number of aliphatic hydroxyl groups excluding tert-OH is 2. The van der Waals surface area contributed by atoms with Crippen LogP contribution in [0.5, 0.6) is 0 Å². The molecule has 4 aliphatic rings. The fraction of sp³-hybridized carbons (Fsp3) is 0.610. The van der Waals surface area contributed by atoms with Gasteiger partial charge in [-0.05, 0) is 111 Å². The molecule has 12 heteroatoms. The first-order chi connectivity index (χ1) is 25.2. The van der Waals surface area contributed by atoms with Crippen molar-refractivity contribution < 1.29 is 41.7 Å². The molecular formula is C41H51F5N2O4S. The highest BCUT2D eigenvalue weighted by molar-refractivity contribution is 7.11. The normalized spacial score (nSPS) is 29.3. The van der Waals surface area contributed by atoms with Crippen molar-refractivity contribution in [2.45, 2.75) is 134 Å². The van der Waals surface area contributed by atoms with Crippen LogP contribution in [-0.4, -0.2) is 39.6 Å². The second kappa shape index (κ2) is 15.9. The number of carbonyl (C=O) groups is 1. The first-order valence-corrected chi connectivity index (χ1v) is 19.9. The summed E-state index contributed by atoms with van der Waals surface area (Å²) < 4.78 is 76.5. The number of benzene rings is 1. The number of amides is 1. The Morgan fingerprint density at radius 2 is 1.77 bits per heavy atom. The number of fused-ring (bicyclic) bond motifs is 1.